The number of carbonyl (C=O) groups excluding carboxylic acids is 2. The van der Waals surface area contributed by atoms with Crippen LogP contribution in [0.15, 0.2) is 0 Å². The van der Waals surface area contributed by atoms with Gasteiger partial charge >= 0.3 is 5.97 Å². The molecule has 6 N–H and O–H groups in total. The molecule has 17 heavy (non-hydrogen) atoms. The minimum absolute atomic E-state index is 0.225. The summed E-state index contributed by atoms with van der Waals surface area (Å²) in [7, 11) is 0. The number of nitrogens with one attached hydrogen (secondary N) is 1. The Kier molecular flexibility index (Phi) is 6.19. The second kappa shape index (κ2) is 6.85. The van der Waals surface area contributed by atoms with Crippen LogP contribution in [0, 0.1) is 5.92 Å². The molecule has 0 aromatic carbocycles. The highest BCUT2D eigenvalue weighted by molar-refractivity contribution is 5.90. The van der Waals surface area contributed by atoms with E-state index in [0.717, 1.165) is 0 Å². The largest absolute Gasteiger partial charge is 0.480 e. The topological polar surface area (TPSA) is 136 Å². The monoisotopic (exact) mass is 245 g/mol. The average Bonchev–Trinajstić information content (AvgIpc) is 2.22. The van der Waals surface area contributed by atoms with E-state index in [-0.39, 0.29) is 12.3 Å². The van der Waals surface area contributed by atoms with E-state index in [1.807, 2.05) is 6.92 Å². The molecule has 0 aliphatic rings. The molecule has 3 unspecified atom stereocenters. The average molecular weight is 245 g/mol. The number of amides is 2. The SMILES string of the molecule is CCC(C)C(NC(=O)C(N)CC(N)=O)C(=O)O. The third kappa shape index (κ3) is 5.30. The molecule has 98 valence electrons. The Bertz CT molecular complexity index is 306. The van der Waals surface area contributed by atoms with Gasteiger partial charge in [0.1, 0.15) is 6.04 Å². The van der Waals surface area contributed by atoms with Gasteiger partial charge in [0.25, 0.3) is 0 Å². The Morgan fingerprint density at radius 1 is 1.35 bits per heavy atom. The molecular formula is C10H19N3O4. The lowest BCUT2D eigenvalue weighted by molar-refractivity contribution is -0.143. The number of carboxylic acids is 1. The molecule has 0 spiro atoms. The summed E-state index contributed by atoms with van der Waals surface area (Å²) in [5.74, 6) is -2.74. The molecule has 2 amide bonds. The van der Waals surface area contributed by atoms with E-state index in [9.17, 15) is 14.4 Å². The summed E-state index contributed by atoms with van der Waals surface area (Å²) in [5, 5.41) is 11.2. The highest BCUT2D eigenvalue weighted by Crippen LogP contribution is 2.08. The minimum Gasteiger partial charge on any atom is -0.480 e. The van der Waals surface area contributed by atoms with E-state index < -0.39 is 29.9 Å². The van der Waals surface area contributed by atoms with Gasteiger partial charge in [0.15, 0.2) is 0 Å². The first-order valence-electron chi connectivity index (χ1n) is 5.36. The molecule has 7 nitrogen and oxygen atoms in total. The molecule has 0 radical (unpaired) electrons. The molecule has 0 rings (SSSR count). The summed E-state index contributed by atoms with van der Waals surface area (Å²) in [4.78, 5) is 33.0. The van der Waals surface area contributed by atoms with Gasteiger partial charge in [-0.15, -0.1) is 0 Å². The van der Waals surface area contributed by atoms with Crippen LogP contribution in [0.3, 0.4) is 0 Å². The maximum absolute atomic E-state index is 11.5. The molecule has 0 saturated heterocycles. The summed E-state index contributed by atoms with van der Waals surface area (Å²) < 4.78 is 0. The van der Waals surface area contributed by atoms with Crippen molar-refractivity contribution >= 4 is 17.8 Å². The number of carboxylic acid groups (broad SMARTS) is 1. The van der Waals surface area contributed by atoms with Crippen LogP contribution in [-0.2, 0) is 14.4 Å². The lowest BCUT2D eigenvalue weighted by Gasteiger charge is -2.21. The number of rotatable bonds is 7. The van der Waals surface area contributed by atoms with Crippen LogP contribution >= 0.6 is 0 Å². The third-order valence-electron chi connectivity index (χ3n) is 2.53. The summed E-state index contributed by atoms with van der Waals surface area (Å²) in [6.07, 6.45) is 0.293. The predicted octanol–water partition coefficient (Wildman–Crippen LogP) is -1.20. The van der Waals surface area contributed by atoms with Gasteiger partial charge in [0.05, 0.1) is 12.5 Å². The van der Waals surface area contributed by atoms with Crippen molar-refractivity contribution in [3.05, 3.63) is 0 Å². The van der Waals surface area contributed by atoms with Crippen LogP contribution in [0.25, 0.3) is 0 Å². The van der Waals surface area contributed by atoms with E-state index in [0.29, 0.717) is 6.42 Å². The van der Waals surface area contributed by atoms with E-state index in [1.54, 1.807) is 6.92 Å². The zero-order chi connectivity index (χ0) is 13.6. The van der Waals surface area contributed by atoms with E-state index in [2.05, 4.69) is 5.32 Å². The molecule has 0 fully saturated rings. The number of primary amides is 1. The first-order valence-corrected chi connectivity index (χ1v) is 5.36. The number of nitrogens with two attached hydrogens (primary N) is 2. The lowest BCUT2D eigenvalue weighted by Crippen LogP contribution is -2.51. The van der Waals surface area contributed by atoms with Gasteiger partial charge in [0.2, 0.25) is 11.8 Å². The van der Waals surface area contributed by atoms with E-state index >= 15 is 0 Å². The second-order valence-corrected chi connectivity index (χ2v) is 3.99. The minimum atomic E-state index is -1.13. The zero-order valence-corrected chi connectivity index (χ0v) is 9.97. The maximum atomic E-state index is 11.5. The third-order valence-corrected chi connectivity index (χ3v) is 2.53. The second-order valence-electron chi connectivity index (χ2n) is 3.99. The molecule has 0 saturated carbocycles. The van der Waals surface area contributed by atoms with Gasteiger partial charge in [-0.05, 0) is 5.92 Å². The summed E-state index contributed by atoms with van der Waals surface area (Å²) >= 11 is 0. The van der Waals surface area contributed by atoms with Crippen molar-refractivity contribution in [2.24, 2.45) is 17.4 Å². The lowest BCUT2D eigenvalue weighted by atomic mass is 9.99. The van der Waals surface area contributed by atoms with Crippen molar-refractivity contribution in [2.75, 3.05) is 0 Å². The van der Waals surface area contributed by atoms with Gasteiger partial charge in [-0.25, -0.2) is 4.79 Å². The van der Waals surface area contributed by atoms with Crippen molar-refractivity contribution in [2.45, 2.75) is 38.8 Å². The van der Waals surface area contributed by atoms with Crippen LogP contribution in [0.5, 0.6) is 0 Å². The Hall–Kier alpha value is -1.63. The van der Waals surface area contributed by atoms with Crippen molar-refractivity contribution in [1.29, 1.82) is 0 Å². The molecule has 0 aromatic rings. The van der Waals surface area contributed by atoms with Gasteiger partial charge in [-0.2, -0.15) is 0 Å². The highest BCUT2D eigenvalue weighted by atomic mass is 16.4. The molecule has 0 heterocycles. The Labute approximate surface area is 99.5 Å². The first-order chi connectivity index (χ1) is 7.79. The summed E-state index contributed by atoms with van der Waals surface area (Å²) in [6, 6.07) is -2.12. The number of carbonyl (C=O) groups is 3. The number of hydrogen-bond donors (Lipinski definition) is 4. The van der Waals surface area contributed by atoms with Crippen LogP contribution in [0.1, 0.15) is 26.7 Å². The number of hydrogen-bond acceptors (Lipinski definition) is 4. The Morgan fingerprint density at radius 2 is 1.88 bits per heavy atom. The smallest absolute Gasteiger partial charge is 0.326 e. The van der Waals surface area contributed by atoms with Gasteiger partial charge < -0.3 is 21.9 Å². The van der Waals surface area contributed by atoms with Crippen molar-refractivity contribution in [3.8, 4) is 0 Å². The van der Waals surface area contributed by atoms with Crippen molar-refractivity contribution in [1.82, 2.24) is 5.32 Å². The van der Waals surface area contributed by atoms with Gasteiger partial charge in [0, 0.05) is 0 Å². The normalized spacial score (nSPS) is 15.7. The molecule has 7 heteroatoms. The van der Waals surface area contributed by atoms with Crippen molar-refractivity contribution in [3.63, 3.8) is 0 Å². The first kappa shape index (κ1) is 15.4. The van der Waals surface area contributed by atoms with Gasteiger partial charge in [-0.1, -0.05) is 20.3 Å². The molecular weight excluding hydrogens is 226 g/mol. The van der Waals surface area contributed by atoms with Crippen LogP contribution in [0.2, 0.25) is 0 Å². The standard InChI is InChI=1S/C10H19N3O4/c1-3-5(2)8(10(16)17)13-9(15)6(11)4-7(12)14/h5-6,8H,3-4,11H2,1-2H3,(H2,12,14)(H,13,15)(H,16,17). The zero-order valence-electron chi connectivity index (χ0n) is 9.97. The summed E-state index contributed by atoms with van der Waals surface area (Å²) in [5.41, 5.74) is 10.3. The molecule has 0 aromatic heterocycles. The quantitative estimate of drug-likeness (QED) is 0.447. The van der Waals surface area contributed by atoms with Crippen LogP contribution < -0.4 is 16.8 Å². The molecule has 0 bridgehead atoms. The van der Waals surface area contributed by atoms with Gasteiger partial charge in [-0.3, -0.25) is 9.59 Å². The maximum Gasteiger partial charge on any atom is 0.326 e. The fraction of sp³-hybridized carbons (Fsp3) is 0.700. The molecule has 0 aliphatic heterocycles. The van der Waals surface area contributed by atoms with Crippen LogP contribution in [0.4, 0.5) is 0 Å². The highest BCUT2D eigenvalue weighted by Gasteiger charge is 2.27. The summed E-state index contributed by atoms with van der Waals surface area (Å²) in [6.45, 7) is 3.52. The van der Waals surface area contributed by atoms with E-state index in [4.69, 9.17) is 16.6 Å². The predicted molar refractivity (Wildman–Crippen MR) is 60.8 cm³/mol. The molecule has 0 aliphatic carbocycles. The van der Waals surface area contributed by atoms with E-state index in [1.165, 1.54) is 0 Å². The van der Waals surface area contributed by atoms with Crippen molar-refractivity contribution < 1.29 is 19.5 Å². The fourth-order valence-corrected chi connectivity index (χ4v) is 1.25. The van der Waals surface area contributed by atoms with Crippen LogP contribution in [-0.4, -0.2) is 35.0 Å². The molecule has 3 atom stereocenters. The Morgan fingerprint density at radius 3 is 2.24 bits per heavy atom. The fourth-order valence-electron chi connectivity index (χ4n) is 1.25. The Balaban J connectivity index is 4.50. The number of aliphatic carboxylic acids is 1.